The molecule has 7 heteroatoms. The Kier molecular flexibility index (Phi) is 6.30. The highest BCUT2D eigenvalue weighted by Crippen LogP contribution is 2.37. The average Bonchev–Trinajstić information content (AvgIpc) is 3.39. The third kappa shape index (κ3) is 5.10. The van der Waals surface area contributed by atoms with Crippen LogP contribution in [0.5, 0.6) is 11.5 Å². The summed E-state index contributed by atoms with van der Waals surface area (Å²) in [4.78, 5) is 25.2. The Morgan fingerprint density at radius 3 is 2.55 bits per heavy atom. The normalized spacial score (nSPS) is 18.9. The number of carbonyl (C=O) groups excluding carboxylic acids is 1. The molecule has 0 radical (unpaired) electrons. The smallest absolute Gasteiger partial charge is 0.409 e. The molecule has 2 aromatic rings. The minimum atomic E-state index is -1.10. The van der Waals surface area contributed by atoms with Crippen LogP contribution in [-0.2, 0) is 11.3 Å². The van der Waals surface area contributed by atoms with Crippen molar-refractivity contribution in [3.8, 4) is 11.5 Å². The van der Waals surface area contributed by atoms with E-state index in [2.05, 4.69) is 5.32 Å². The molecule has 0 aromatic heterocycles. The molecule has 1 saturated heterocycles. The number of carbonyl (C=O) groups is 2. The summed E-state index contributed by atoms with van der Waals surface area (Å²) in [5.74, 6) is 1.72. The number of nitrogens with zero attached hydrogens (tertiary/aromatic N) is 1. The third-order valence-corrected chi connectivity index (χ3v) is 6.05. The molecule has 2 aliphatic rings. The zero-order valence-electron chi connectivity index (χ0n) is 17.7. The monoisotopic (exact) mass is 424 g/mol. The topological polar surface area (TPSA) is 88.1 Å². The molecular formula is C24H28N2O5. The highest BCUT2D eigenvalue weighted by molar-refractivity contribution is 5.83. The standard InChI is InChI=1S/C24H28N2O5/c1-30-21-11-8-17(12-22(21)31-20-4-2-3-5-20)18-13-23(27)26(15-18)14-16-6-9-19(10-7-16)25-24(28)29/h6-12,18,20,25H,2-5,13-15H2,1H3,(H,28,29). The molecule has 164 valence electrons. The van der Waals surface area contributed by atoms with Crippen LogP contribution in [0.4, 0.5) is 10.5 Å². The highest BCUT2D eigenvalue weighted by Gasteiger charge is 2.31. The number of nitrogens with one attached hydrogen (secondary N) is 1. The molecule has 2 fully saturated rings. The van der Waals surface area contributed by atoms with Crippen molar-refractivity contribution in [1.82, 2.24) is 4.90 Å². The van der Waals surface area contributed by atoms with E-state index in [0.717, 1.165) is 35.5 Å². The zero-order chi connectivity index (χ0) is 21.8. The predicted octanol–water partition coefficient (Wildman–Crippen LogP) is 4.62. The van der Waals surface area contributed by atoms with Crippen molar-refractivity contribution < 1.29 is 24.2 Å². The molecule has 1 aliphatic carbocycles. The van der Waals surface area contributed by atoms with Crippen molar-refractivity contribution in [3.63, 3.8) is 0 Å². The van der Waals surface area contributed by atoms with Crippen LogP contribution in [0.25, 0.3) is 0 Å². The Labute approximate surface area is 182 Å². The van der Waals surface area contributed by atoms with Crippen molar-refractivity contribution >= 4 is 17.7 Å². The Morgan fingerprint density at radius 1 is 1.13 bits per heavy atom. The summed E-state index contributed by atoms with van der Waals surface area (Å²) in [5, 5.41) is 11.1. The van der Waals surface area contributed by atoms with Crippen LogP contribution >= 0.6 is 0 Å². The molecule has 2 aromatic carbocycles. The van der Waals surface area contributed by atoms with Gasteiger partial charge in [0, 0.05) is 31.1 Å². The van der Waals surface area contributed by atoms with Crippen LogP contribution in [0.1, 0.15) is 49.1 Å². The third-order valence-electron chi connectivity index (χ3n) is 6.05. The number of likely N-dealkylation sites (tertiary alicyclic amines) is 1. The van der Waals surface area contributed by atoms with E-state index in [-0.39, 0.29) is 17.9 Å². The number of anilines is 1. The molecule has 31 heavy (non-hydrogen) atoms. The van der Waals surface area contributed by atoms with Crippen molar-refractivity contribution in [2.24, 2.45) is 0 Å². The quantitative estimate of drug-likeness (QED) is 0.677. The van der Waals surface area contributed by atoms with E-state index < -0.39 is 6.09 Å². The van der Waals surface area contributed by atoms with Crippen molar-refractivity contribution in [1.29, 1.82) is 0 Å². The van der Waals surface area contributed by atoms with E-state index in [1.165, 1.54) is 12.8 Å². The van der Waals surface area contributed by atoms with E-state index in [1.54, 1.807) is 19.2 Å². The summed E-state index contributed by atoms with van der Waals surface area (Å²) >= 11 is 0. The molecule has 1 unspecified atom stereocenters. The van der Waals surface area contributed by atoms with Crippen LogP contribution in [0.2, 0.25) is 0 Å². The number of hydrogen-bond acceptors (Lipinski definition) is 4. The second-order valence-corrected chi connectivity index (χ2v) is 8.24. The maximum absolute atomic E-state index is 12.6. The lowest BCUT2D eigenvalue weighted by molar-refractivity contribution is -0.128. The molecule has 1 aliphatic heterocycles. The van der Waals surface area contributed by atoms with Gasteiger partial charge >= 0.3 is 6.09 Å². The van der Waals surface area contributed by atoms with Gasteiger partial charge in [0.2, 0.25) is 5.91 Å². The Hall–Kier alpha value is -3.22. The molecule has 1 heterocycles. The first-order chi connectivity index (χ1) is 15.0. The van der Waals surface area contributed by atoms with Gasteiger partial charge in [-0.2, -0.15) is 0 Å². The van der Waals surface area contributed by atoms with E-state index in [4.69, 9.17) is 14.6 Å². The van der Waals surface area contributed by atoms with Crippen LogP contribution in [0.3, 0.4) is 0 Å². The lowest BCUT2D eigenvalue weighted by Gasteiger charge is -2.19. The fourth-order valence-electron chi connectivity index (χ4n) is 4.41. The molecule has 0 bridgehead atoms. The fourth-order valence-corrected chi connectivity index (χ4v) is 4.41. The van der Waals surface area contributed by atoms with Gasteiger partial charge in [-0.3, -0.25) is 10.1 Å². The molecular weight excluding hydrogens is 396 g/mol. The first-order valence-corrected chi connectivity index (χ1v) is 10.7. The maximum atomic E-state index is 12.6. The number of rotatable bonds is 7. The van der Waals surface area contributed by atoms with Gasteiger partial charge < -0.3 is 19.5 Å². The molecule has 2 N–H and O–H groups in total. The minimum absolute atomic E-state index is 0.109. The molecule has 2 amide bonds. The number of benzene rings is 2. The summed E-state index contributed by atoms with van der Waals surface area (Å²) in [6.45, 7) is 1.15. The first-order valence-electron chi connectivity index (χ1n) is 10.7. The molecule has 1 saturated carbocycles. The number of carboxylic acid groups (broad SMARTS) is 1. The fraction of sp³-hybridized carbons (Fsp3) is 0.417. The van der Waals surface area contributed by atoms with Gasteiger partial charge in [0.1, 0.15) is 0 Å². The SMILES string of the molecule is COc1ccc(C2CC(=O)N(Cc3ccc(NC(=O)O)cc3)C2)cc1OC1CCCC1. The summed E-state index contributed by atoms with van der Waals surface area (Å²) in [6.07, 6.45) is 4.16. The van der Waals surface area contributed by atoms with Crippen molar-refractivity contribution in [2.45, 2.75) is 50.7 Å². The largest absolute Gasteiger partial charge is 0.493 e. The van der Waals surface area contributed by atoms with Gasteiger partial charge in [-0.25, -0.2) is 4.79 Å². The van der Waals surface area contributed by atoms with Crippen molar-refractivity contribution in [3.05, 3.63) is 53.6 Å². The number of ether oxygens (including phenoxy) is 2. The Bertz CT molecular complexity index is 937. The van der Waals surface area contributed by atoms with Crippen LogP contribution in [0.15, 0.2) is 42.5 Å². The Balaban J connectivity index is 1.43. The Morgan fingerprint density at radius 2 is 1.87 bits per heavy atom. The van der Waals surface area contributed by atoms with Crippen molar-refractivity contribution in [2.75, 3.05) is 19.0 Å². The van der Waals surface area contributed by atoms with Gasteiger partial charge in [0.25, 0.3) is 0 Å². The lowest BCUT2D eigenvalue weighted by Crippen LogP contribution is -2.24. The second-order valence-electron chi connectivity index (χ2n) is 8.24. The minimum Gasteiger partial charge on any atom is -0.493 e. The van der Waals surface area contributed by atoms with Gasteiger partial charge in [-0.05, 0) is 61.1 Å². The molecule has 1 atom stereocenters. The van der Waals surface area contributed by atoms with E-state index >= 15 is 0 Å². The predicted molar refractivity (Wildman–Crippen MR) is 117 cm³/mol. The molecule has 4 rings (SSSR count). The van der Waals surface area contributed by atoms with Gasteiger partial charge in [-0.15, -0.1) is 0 Å². The zero-order valence-corrected chi connectivity index (χ0v) is 17.7. The van der Waals surface area contributed by atoms with Crippen LogP contribution < -0.4 is 14.8 Å². The number of hydrogen-bond donors (Lipinski definition) is 2. The number of amides is 2. The van der Waals surface area contributed by atoms with E-state index in [1.807, 2.05) is 35.2 Å². The lowest BCUT2D eigenvalue weighted by atomic mass is 9.98. The molecule has 7 nitrogen and oxygen atoms in total. The first kappa shape index (κ1) is 21.0. The van der Waals surface area contributed by atoms with Gasteiger partial charge in [0.05, 0.1) is 13.2 Å². The second kappa shape index (κ2) is 9.29. The summed E-state index contributed by atoms with van der Waals surface area (Å²) in [7, 11) is 1.65. The maximum Gasteiger partial charge on any atom is 0.409 e. The highest BCUT2D eigenvalue weighted by atomic mass is 16.5. The summed E-state index contributed by atoms with van der Waals surface area (Å²) in [6, 6.07) is 13.1. The van der Waals surface area contributed by atoms with Gasteiger partial charge in [-0.1, -0.05) is 18.2 Å². The van der Waals surface area contributed by atoms with E-state index in [0.29, 0.717) is 25.2 Å². The van der Waals surface area contributed by atoms with Crippen LogP contribution in [0, 0.1) is 0 Å². The summed E-state index contributed by atoms with van der Waals surface area (Å²) < 4.78 is 11.7. The average molecular weight is 424 g/mol. The van der Waals surface area contributed by atoms with Crippen LogP contribution in [-0.4, -0.2) is 41.8 Å². The molecule has 0 spiro atoms. The number of methoxy groups -OCH3 is 1. The van der Waals surface area contributed by atoms with Gasteiger partial charge in [0.15, 0.2) is 11.5 Å². The summed E-state index contributed by atoms with van der Waals surface area (Å²) in [5.41, 5.74) is 2.56. The van der Waals surface area contributed by atoms with E-state index in [9.17, 15) is 9.59 Å².